The molecule has 0 saturated heterocycles. The molecule has 0 unspecified atom stereocenters. The fourth-order valence-electron chi connectivity index (χ4n) is 0.846. The summed E-state index contributed by atoms with van der Waals surface area (Å²) in [5.41, 5.74) is 2.41. The van der Waals surface area contributed by atoms with E-state index in [2.05, 4.69) is 0 Å². The Balaban J connectivity index is 2.69. The van der Waals surface area contributed by atoms with Gasteiger partial charge in [0.25, 0.3) is 5.91 Å². The number of hydroxylamine groups is 1. The minimum atomic E-state index is -0.531. The third-order valence-electron chi connectivity index (χ3n) is 1.50. The molecule has 0 fully saturated rings. The summed E-state index contributed by atoms with van der Waals surface area (Å²) in [6.45, 7) is 0. The molecule has 4 heteroatoms. The molecular weight excluding hydrogens is 156 g/mol. The maximum atomic E-state index is 10.6. The van der Waals surface area contributed by atoms with Crippen LogP contribution in [0.4, 0.5) is 0 Å². The SMILES string of the molecule is Cn1cccc1/C=C/C(=O)NO. The maximum absolute atomic E-state index is 10.6. The number of nitrogens with one attached hydrogen (secondary N) is 1. The van der Waals surface area contributed by atoms with Crippen molar-refractivity contribution in [2.75, 3.05) is 0 Å². The van der Waals surface area contributed by atoms with Crippen molar-refractivity contribution in [2.45, 2.75) is 0 Å². The molecule has 1 heterocycles. The minimum absolute atomic E-state index is 0.531. The van der Waals surface area contributed by atoms with Gasteiger partial charge in [-0.25, -0.2) is 5.48 Å². The van der Waals surface area contributed by atoms with Crippen LogP contribution in [0.1, 0.15) is 5.69 Å². The van der Waals surface area contributed by atoms with Gasteiger partial charge in [-0.3, -0.25) is 10.0 Å². The van der Waals surface area contributed by atoms with Crippen molar-refractivity contribution in [3.8, 4) is 0 Å². The molecule has 64 valence electrons. The van der Waals surface area contributed by atoms with Gasteiger partial charge in [0.05, 0.1) is 0 Å². The third kappa shape index (κ3) is 1.96. The Bertz CT molecular complexity index is 302. The lowest BCUT2D eigenvalue weighted by molar-refractivity contribution is -0.124. The second-order valence-electron chi connectivity index (χ2n) is 2.35. The van der Waals surface area contributed by atoms with Crippen LogP contribution in [0.3, 0.4) is 0 Å². The third-order valence-corrected chi connectivity index (χ3v) is 1.50. The summed E-state index contributed by atoms with van der Waals surface area (Å²) >= 11 is 0. The van der Waals surface area contributed by atoms with Gasteiger partial charge in [-0.15, -0.1) is 0 Å². The molecule has 0 saturated carbocycles. The van der Waals surface area contributed by atoms with Crippen LogP contribution >= 0.6 is 0 Å². The molecule has 1 aromatic heterocycles. The monoisotopic (exact) mass is 166 g/mol. The number of rotatable bonds is 2. The van der Waals surface area contributed by atoms with Gasteiger partial charge < -0.3 is 4.57 Å². The van der Waals surface area contributed by atoms with Crippen LogP contribution in [-0.2, 0) is 11.8 Å². The van der Waals surface area contributed by atoms with E-state index in [0.29, 0.717) is 0 Å². The van der Waals surface area contributed by atoms with E-state index in [9.17, 15) is 4.79 Å². The first-order chi connectivity index (χ1) is 5.74. The van der Waals surface area contributed by atoms with Crippen molar-refractivity contribution in [1.29, 1.82) is 0 Å². The smallest absolute Gasteiger partial charge is 0.267 e. The predicted molar refractivity (Wildman–Crippen MR) is 44.4 cm³/mol. The normalized spacial score (nSPS) is 10.5. The van der Waals surface area contributed by atoms with Gasteiger partial charge in [-0.1, -0.05) is 0 Å². The highest BCUT2D eigenvalue weighted by Gasteiger charge is 1.92. The number of hydrogen-bond donors (Lipinski definition) is 2. The zero-order chi connectivity index (χ0) is 8.97. The first-order valence-corrected chi connectivity index (χ1v) is 3.47. The molecule has 1 rings (SSSR count). The van der Waals surface area contributed by atoms with Crippen LogP contribution < -0.4 is 5.48 Å². The Morgan fingerprint density at radius 3 is 3.00 bits per heavy atom. The molecule has 2 N–H and O–H groups in total. The molecule has 12 heavy (non-hydrogen) atoms. The quantitative estimate of drug-likeness (QED) is 0.383. The molecule has 1 amide bonds. The second-order valence-corrected chi connectivity index (χ2v) is 2.35. The highest BCUT2D eigenvalue weighted by molar-refractivity contribution is 5.90. The van der Waals surface area contributed by atoms with Crippen molar-refractivity contribution in [1.82, 2.24) is 10.0 Å². The van der Waals surface area contributed by atoms with Crippen LogP contribution in [0.2, 0.25) is 0 Å². The van der Waals surface area contributed by atoms with Gasteiger partial charge in [-0.05, 0) is 18.2 Å². The Kier molecular flexibility index (Phi) is 2.66. The topological polar surface area (TPSA) is 54.3 Å². The van der Waals surface area contributed by atoms with Gasteiger partial charge in [-0.2, -0.15) is 0 Å². The van der Waals surface area contributed by atoms with E-state index in [4.69, 9.17) is 5.21 Å². The zero-order valence-corrected chi connectivity index (χ0v) is 6.69. The van der Waals surface area contributed by atoms with E-state index in [1.807, 2.05) is 29.9 Å². The van der Waals surface area contributed by atoms with E-state index in [1.54, 1.807) is 6.08 Å². The summed E-state index contributed by atoms with van der Waals surface area (Å²) in [6.07, 6.45) is 4.75. The fourth-order valence-corrected chi connectivity index (χ4v) is 0.846. The number of carbonyl (C=O) groups excluding carboxylic acids is 1. The van der Waals surface area contributed by atoms with E-state index < -0.39 is 5.91 Å². The average molecular weight is 166 g/mol. The molecule has 0 bridgehead atoms. The second kappa shape index (κ2) is 3.73. The Labute approximate surface area is 70.1 Å². The van der Waals surface area contributed by atoms with Gasteiger partial charge in [0, 0.05) is 25.0 Å². The molecule has 0 aliphatic rings. The summed E-state index contributed by atoms with van der Waals surface area (Å²) in [5.74, 6) is -0.531. The predicted octanol–water partition coefficient (Wildman–Crippen LogP) is 0.544. The lowest BCUT2D eigenvalue weighted by Crippen LogP contribution is -2.14. The number of aryl methyl sites for hydroxylation is 1. The Hall–Kier alpha value is -1.55. The molecule has 0 atom stereocenters. The zero-order valence-electron chi connectivity index (χ0n) is 6.69. The number of amides is 1. The van der Waals surface area contributed by atoms with Gasteiger partial charge >= 0.3 is 0 Å². The molecule has 0 spiro atoms. The van der Waals surface area contributed by atoms with Gasteiger partial charge in [0.2, 0.25) is 0 Å². The number of carbonyl (C=O) groups is 1. The summed E-state index contributed by atoms with van der Waals surface area (Å²) in [7, 11) is 1.87. The van der Waals surface area contributed by atoms with Crippen molar-refractivity contribution in [3.63, 3.8) is 0 Å². The molecule has 0 radical (unpaired) electrons. The van der Waals surface area contributed by atoms with Crippen molar-refractivity contribution in [3.05, 3.63) is 30.1 Å². The van der Waals surface area contributed by atoms with Gasteiger partial charge in [0.15, 0.2) is 0 Å². The summed E-state index contributed by atoms with van der Waals surface area (Å²) in [6, 6.07) is 3.73. The first kappa shape index (κ1) is 8.55. The van der Waals surface area contributed by atoms with E-state index in [0.717, 1.165) is 5.69 Å². The fraction of sp³-hybridized carbons (Fsp3) is 0.125. The van der Waals surface area contributed by atoms with Crippen LogP contribution in [-0.4, -0.2) is 15.7 Å². The molecule has 0 aliphatic heterocycles. The molecular formula is C8H10N2O2. The number of aromatic nitrogens is 1. The van der Waals surface area contributed by atoms with Crippen LogP contribution in [0.15, 0.2) is 24.4 Å². The Morgan fingerprint density at radius 1 is 1.75 bits per heavy atom. The highest BCUT2D eigenvalue weighted by Crippen LogP contribution is 2.01. The van der Waals surface area contributed by atoms with Gasteiger partial charge in [0.1, 0.15) is 0 Å². The first-order valence-electron chi connectivity index (χ1n) is 3.47. The standard InChI is InChI=1S/C8H10N2O2/c1-10-6-2-3-7(10)4-5-8(11)9-12/h2-6,12H,1H3,(H,9,11)/b5-4+. The van der Waals surface area contributed by atoms with Crippen LogP contribution in [0.25, 0.3) is 6.08 Å². The lowest BCUT2D eigenvalue weighted by Gasteiger charge is -1.94. The number of hydrogen-bond acceptors (Lipinski definition) is 2. The minimum Gasteiger partial charge on any atom is -0.351 e. The maximum Gasteiger partial charge on any atom is 0.267 e. The number of nitrogens with zero attached hydrogens (tertiary/aromatic N) is 1. The lowest BCUT2D eigenvalue weighted by atomic mass is 10.4. The van der Waals surface area contributed by atoms with Crippen molar-refractivity contribution >= 4 is 12.0 Å². The van der Waals surface area contributed by atoms with E-state index >= 15 is 0 Å². The van der Waals surface area contributed by atoms with Crippen molar-refractivity contribution < 1.29 is 10.0 Å². The largest absolute Gasteiger partial charge is 0.351 e. The average Bonchev–Trinajstić information content (AvgIpc) is 2.47. The molecule has 1 aromatic rings. The van der Waals surface area contributed by atoms with E-state index in [1.165, 1.54) is 11.6 Å². The van der Waals surface area contributed by atoms with E-state index in [-0.39, 0.29) is 0 Å². The molecule has 0 aliphatic carbocycles. The molecule has 0 aromatic carbocycles. The van der Waals surface area contributed by atoms with Crippen LogP contribution in [0.5, 0.6) is 0 Å². The summed E-state index contributed by atoms with van der Waals surface area (Å²) < 4.78 is 1.86. The van der Waals surface area contributed by atoms with Crippen LogP contribution in [0, 0.1) is 0 Å². The van der Waals surface area contributed by atoms with Crippen molar-refractivity contribution in [2.24, 2.45) is 7.05 Å². The Morgan fingerprint density at radius 2 is 2.50 bits per heavy atom. The highest BCUT2D eigenvalue weighted by atomic mass is 16.5. The molecule has 4 nitrogen and oxygen atoms in total. The summed E-state index contributed by atoms with van der Waals surface area (Å²) in [4.78, 5) is 10.6. The summed E-state index contributed by atoms with van der Waals surface area (Å²) in [5, 5.41) is 8.18.